The molecule has 0 aliphatic rings. The maximum absolute atomic E-state index is 10.7. The van der Waals surface area contributed by atoms with E-state index in [-0.39, 0.29) is 12.4 Å². The van der Waals surface area contributed by atoms with Crippen molar-refractivity contribution in [1.29, 1.82) is 0 Å². The average molecular weight is 268 g/mol. The molecule has 1 heterocycles. The molecule has 0 atom stereocenters. The summed E-state index contributed by atoms with van der Waals surface area (Å²) >= 11 is 0. The van der Waals surface area contributed by atoms with Crippen LogP contribution in [0.5, 0.6) is 0 Å². The summed E-state index contributed by atoms with van der Waals surface area (Å²) in [5.74, 6) is -0.0211. The third kappa shape index (κ3) is 3.91. The first-order chi connectivity index (χ1) is 8.25. The number of aromatic carboxylic acids is 1. The number of benzene rings is 1. The first-order valence-electron chi connectivity index (χ1n) is 5.31. The molecule has 4 nitrogen and oxygen atoms in total. The molecule has 96 valence electrons. The van der Waals surface area contributed by atoms with Gasteiger partial charge in [-0.15, -0.1) is 12.4 Å². The Morgan fingerprint density at radius 1 is 1.17 bits per heavy atom. The summed E-state index contributed by atoms with van der Waals surface area (Å²) in [5.41, 5.74) is 1.35. The number of nitrogens with one attached hydrogen (secondary N) is 1. The number of hydrogen-bond donors (Lipinski definition) is 2. The molecule has 5 heteroatoms. The van der Waals surface area contributed by atoms with E-state index in [4.69, 9.17) is 9.52 Å². The smallest absolute Gasteiger partial charge is 0.335 e. The van der Waals surface area contributed by atoms with Gasteiger partial charge in [0.15, 0.2) is 0 Å². The fourth-order valence-electron chi connectivity index (χ4n) is 1.51. The first-order valence-corrected chi connectivity index (χ1v) is 5.31. The standard InChI is InChI=1S/C13H13NO3.ClH/c15-13(16)11-5-3-10(4-6-11)8-14-9-12-2-1-7-17-12;/h1-7,14H,8-9H2,(H,15,16);1H. The van der Waals surface area contributed by atoms with Gasteiger partial charge in [0.25, 0.3) is 0 Å². The van der Waals surface area contributed by atoms with Gasteiger partial charge in [0.05, 0.1) is 18.4 Å². The lowest BCUT2D eigenvalue weighted by Crippen LogP contribution is -2.12. The van der Waals surface area contributed by atoms with Gasteiger partial charge in [0.2, 0.25) is 0 Å². The van der Waals surface area contributed by atoms with Gasteiger partial charge in [0.1, 0.15) is 5.76 Å². The molecule has 2 rings (SSSR count). The minimum atomic E-state index is -0.903. The Morgan fingerprint density at radius 2 is 1.89 bits per heavy atom. The van der Waals surface area contributed by atoms with Crippen LogP contribution in [0.2, 0.25) is 0 Å². The van der Waals surface area contributed by atoms with Crippen LogP contribution in [0.4, 0.5) is 0 Å². The van der Waals surface area contributed by atoms with E-state index >= 15 is 0 Å². The first kappa shape index (κ1) is 14.3. The number of halogens is 1. The summed E-state index contributed by atoms with van der Waals surface area (Å²) in [6, 6.07) is 10.6. The van der Waals surface area contributed by atoms with Crippen molar-refractivity contribution in [2.45, 2.75) is 13.1 Å². The van der Waals surface area contributed by atoms with Gasteiger partial charge >= 0.3 is 5.97 Å². The molecule has 1 aromatic carbocycles. The lowest BCUT2D eigenvalue weighted by molar-refractivity contribution is 0.0697. The predicted octanol–water partition coefficient (Wildman–Crippen LogP) is 2.69. The van der Waals surface area contributed by atoms with Gasteiger partial charge in [-0.25, -0.2) is 4.79 Å². The van der Waals surface area contributed by atoms with Gasteiger partial charge in [0, 0.05) is 6.54 Å². The van der Waals surface area contributed by atoms with Crippen LogP contribution in [0, 0.1) is 0 Å². The van der Waals surface area contributed by atoms with E-state index < -0.39 is 5.97 Å². The van der Waals surface area contributed by atoms with Crippen LogP contribution >= 0.6 is 12.4 Å². The number of furan rings is 1. The number of carboxylic acids is 1. The molecule has 2 N–H and O–H groups in total. The normalized spacial score (nSPS) is 9.78. The zero-order valence-corrected chi connectivity index (χ0v) is 10.4. The summed E-state index contributed by atoms with van der Waals surface area (Å²) in [7, 11) is 0. The van der Waals surface area contributed by atoms with Crippen molar-refractivity contribution in [3.8, 4) is 0 Å². The van der Waals surface area contributed by atoms with Crippen LogP contribution in [0.25, 0.3) is 0 Å². The van der Waals surface area contributed by atoms with E-state index in [1.54, 1.807) is 30.5 Å². The number of carbonyl (C=O) groups is 1. The molecule has 1 aromatic heterocycles. The summed E-state index contributed by atoms with van der Waals surface area (Å²) in [6.45, 7) is 1.34. The fraction of sp³-hybridized carbons (Fsp3) is 0.154. The Hall–Kier alpha value is -1.78. The maximum Gasteiger partial charge on any atom is 0.335 e. The van der Waals surface area contributed by atoms with Crippen LogP contribution in [0.15, 0.2) is 47.1 Å². The molecule has 18 heavy (non-hydrogen) atoms. The molecule has 0 radical (unpaired) electrons. The molecule has 0 aliphatic carbocycles. The van der Waals surface area contributed by atoms with E-state index in [9.17, 15) is 4.79 Å². The van der Waals surface area contributed by atoms with Gasteiger partial charge < -0.3 is 14.8 Å². The van der Waals surface area contributed by atoms with Crippen molar-refractivity contribution in [1.82, 2.24) is 5.32 Å². The van der Waals surface area contributed by atoms with Crippen molar-refractivity contribution in [3.63, 3.8) is 0 Å². The van der Waals surface area contributed by atoms with Gasteiger partial charge in [-0.2, -0.15) is 0 Å². The van der Waals surface area contributed by atoms with E-state index in [2.05, 4.69) is 5.32 Å². The maximum atomic E-state index is 10.7. The molecule has 0 bridgehead atoms. The number of hydrogen-bond acceptors (Lipinski definition) is 3. The van der Waals surface area contributed by atoms with Crippen LogP contribution in [-0.2, 0) is 13.1 Å². The number of carboxylic acid groups (broad SMARTS) is 1. The molecule has 2 aromatic rings. The molecule has 0 saturated heterocycles. The molecule has 0 fully saturated rings. The largest absolute Gasteiger partial charge is 0.478 e. The molecular weight excluding hydrogens is 254 g/mol. The van der Waals surface area contributed by atoms with E-state index in [1.807, 2.05) is 12.1 Å². The lowest BCUT2D eigenvalue weighted by atomic mass is 10.1. The topological polar surface area (TPSA) is 62.5 Å². The van der Waals surface area contributed by atoms with Crippen molar-refractivity contribution in [3.05, 3.63) is 59.5 Å². The Bertz CT molecular complexity index is 479. The molecule has 0 saturated carbocycles. The van der Waals surface area contributed by atoms with E-state index in [1.165, 1.54) is 0 Å². The fourth-order valence-corrected chi connectivity index (χ4v) is 1.51. The van der Waals surface area contributed by atoms with Crippen LogP contribution in [0.3, 0.4) is 0 Å². The van der Waals surface area contributed by atoms with Gasteiger partial charge in [-0.1, -0.05) is 12.1 Å². The van der Waals surface area contributed by atoms with Crippen LogP contribution in [-0.4, -0.2) is 11.1 Å². The zero-order chi connectivity index (χ0) is 12.1. The van der Waals surface area contributed by atoms with E-state index in [0.717, 1.165) is 11.3 Å². The van der Waals surface area contributed by atoms with Gasteiger partial charge in [-0.3, -0.25) is 0 Å². The molecule has 0 aliphatic heterocycles. The summed E-state index contributed by atoms with van der Waals surface area (Å²) < 4.78 is 5.18. The van der Waals surface area contributed by atoms with Crippen LogP contribution < -0.4 is 5.32 Å². The van der Waals surface area contributed by atoms with Gasteiger partial charge in [-0.05, 0) is 29.8 Å². The highest BCUT2D eigenvalue weighted by Gasteiger charge is 2.01. The minimum Gasteiger partial charge on any atom is -0.478 e. The Kier molecular flexibility index (Phi) is 5.42. The van der Waals surface area contributed by atoms with Crippen molar-refractivity contribution >= 4 is 18.4 Å². The Balaban J connectivity index is 0.00000162. The predicted molar refractivity (Wildman–Crippen MR) is 69.9 cm³/mol. The third-order valence-corrected chi connectivity index (χ3v) is 2.41. The summed E-state index contributed by atoms with van der Waals surface area (Å²) in [4.78, 5) is 10.7. The second-order valence-electron chi connectivity index (χ2n) is 3.68. The molecule has 0 spiro atoms. The highest BCUT2D eigenvalue weighted by atomic mass is 35.5. The summed E-state index contributed by atoms with van der Waals surface area (Å²) in [6.07, 6.45) is 1.64. The molecule has 0 unspecified atom stereocenters. The van der Waals surface area contributed by atoms with E-state index in [0.29, 0.717) is 18.7 Å². The third-order valence-electron chi connectivity index (χ3n) is 2.41. The Morgan fingerprint density at radius 3 is 2.44 bits per heavy atom. The quantitative estimate of drug-likeness (QED) is 0.874. The summed E-state index contributed by atoms with van der Waals surface area (Å²) in [5, 5.41) is 12.0. The highest BCUT2D eigenvalue weighted by molar-refractivity contribution is 5.87. The average Bonchev–Trinajstić information content (AvgIpc) is 2.83. The van der Waals surface area contributed by atoms with Crippen molar-refractivity contribution in [2.24, 2.45) is 0 Å². The molecule has 0 amide bonds. The molecular formula is C13H14ClNO3. The minimum absolute atomic E-state index is 0. The lowest BCUT2D eigenvalue weighted by Gasteiger charge is -2.03. The van der Waals surface area contributed by atoms with Crippen molar-refractivity contribution < 1.29 is 14.3 Å². The number of rotatable bonds is 5. The van der Waals surface area contributed by atoms with Crippen molar-refractivity contribution in [2.75, 3.05) is 0 Å². The SMILES string of the molecule is Cl.O=C(O)c1ccc(CNCc2ccco2)cc1. The van der Waals surface area contributed by atoms with Crippen LogP contribution in [0.1, 0.15) is 21.7 Å². The Labute approximate surface area is 111 Å². The second-order valence-corrected chi connectivity index (χ2v) is 3.68. The second kappa shape index (κ2) is 6.83. The highest BCUT2D eigenvalue weighted by Crippen LogP contribution is 2.05. The zero-order valence-electron chi connectivity index (χ0n) is 9.63. The monoisotopic (exact) mass is 267 g/mol.